The Balaban J connectivity index is 2.83. The van der Waals surface area contributed by atoms with E-state index in [1.807, 2.05) is 0 Å². The largest absolute Gasteiger partial charge is 0.467 e. The Hall–Kier alpha value is -2.36. The maximum Gasteiger partial charge on any atom is 0.316 e. The van der Waals surface area contributed by atoms with Crippen molar-refractivity contribution >= 4 is 24.8 Å². The summed E-state index contributed by atoms with van der Waals surface area (Å²) in [6, 6.07) is 6.20. The summed E-state index contributed by atoms with van der Waals surface area (Å²) in [5.74, 6) is 3.27. The molecule has 0 spiro atoms. The van der Waals surface area contributed by atoms with Crippen molar-refractivity contribution in [3.8, 4) is 23.0 Å². The number of hydrogen-bond acceptors (Lipinski definition) is 4. The van der Waals surface area contributed by atoms with Gasteiger partial charge in [0.15, 0.2) is 6.79 Å². The third-order valence-electron chi connectivity index (χ3n) is 6.39. The zero-order valence-corrected chi connectivity index (χ0v) is 23.3. The van der Waals surface area contributed by atoms with Crippen molar-refractivity contribution in [2.45, 2.75) is 78.9 Å². The SMILES string of the molecule is COCOc1cc(OC(=O)C(C)(C)C)c2c(C#C[Si](C(C)C)(C(C)C)C(C)C)cc(F)cc2c1. The zero-order valence-electron chi connectivity index (χ0n) is 22.3. The quantitative estimate of drug-likeness (QED) is 0.134. The Morgan fingerprint density at radius 3 is 2.09 bits per heavy atom. The molecule has 0 saturated carbocycles. The van der Waals surface area contributed by atoms with Crippen molar-refractivity contribution in [1.82, 2.24) is 0 Å². The summed E-state index contributed by atoms with van der Waals surface area (Å²) in [7, 11) is -0.538. The van der Waals surface area contributed by atoms with Crippen LogP contribution in [0.2, 0.25) is 16.6 Å². The van der Waals surface area contributed by atoms with E-state index in [-0.39, 0.29) is 6.79 Å². The van der Waals surface area contributed by atoms with Crippen molar-refractivity contribution in [2.24, 2.45) is 5.41 Å². The fourth-order valence-corrected chi connectivity index (χ4v) is 9.88. The summed E-state index contributed by atoms with van der Waals surface area (Å²) in [5, 5.41) is 1.16. The molecule has 0 aliphatic rings. The van der Waals surface area contributed by atoms with Gasteiger partial charge in [-0.3, -0.25) is 4.79 Å². The molecule has 0 aromatic heterocycles. The number of benzene rings is 2. The van der Waals surface area contributed by atoms with Crippen LogP contribution in [0.15, 0.2) is 24.3 Å². The van der Waals surface area contributed by atoms with Crippen LogP contribution >= 0.6 is 0 Å². The van der Waals surface area contributed by atoms with Gasteiger partial charge < -0.3 is 14.2 Å². The first-order chi connectivity index (χ1) is 15.7. The summed E-state index contributed by atoms with van der Waals surface area (Å²) in [4.78, 5) is 12.8. The molecule has 0 amide bonds. The van der Waals surface area contributed by atoms with Gasteiger partial charge in [-0.1, -0.05) is 47.5 Å². The fraction of sp³-hybridized carbons (Fsp3) is 0.536. The first kappa shape index (κ1) is 27.9. The molecule has 0 saturated heterocycles. The molecule has 0 unspecified atom stereocenters. The molecule has 0 aliphatic heterocycles. The molecular formula is C28H39FO4Si. The van der Waals surface area contributed by atoms with E-state index in [9.17, 15) is 9.18 Å². The molecule has 0 radical (unpaired) electrons. The normalized spacial score (nSPS) is 12.3. The van der Waals surface area contributed by atoms with Gasteiger partial charge in [-0.25, -0.2) is 4.39 Å². The lowest BCUT2D eigenvalue weighted by molar-refractivity contribution is -0.142. The minimum absolute atomic E-state index is 0.0193. The van der Waals surface area contributed by atoms with Crippen LogP contribution in [-0.2, 0) is 9.53 Å². The first-order valence-corrected chi connectivity index (χ1v) is 14.1. The molecule has 6 heteroatoms. The van der Waals surface area contributed by atoms with Crippen LogP contribution in [0.4, 0.5) is 4.39 Å². The Morgan fingerprint density at radius 1 is 1.00 bits per heavy atom. The van der Waals surface area contributed by atoms with Crippen LogP contribution in [0.1, 0.15) is 67.9 Å². The highest BCUT2D eigenvalue weighted by Gasteiger charge is 2.41. The first-order valence-electron chi connectivity index (χ1n) is 11.9. The number of carbonyl (C=O) groups is 1. The van der Waals surface area contributed by atoms with E-state index >= 15 is 0 Å². The van der Waals surface area contributed by atoms with Crippen LogP contribution in [0.5, 0.6) is 11.5 Å². The van der Waals surface area contributed by atoms with Gasteiger partial charge in [0.05, 0.1) is 5.41 Å². The average molecular weight is 487 g/mol. The summed E-state index contributed by atoms with van der Waals surface area (Å²) < 4.78 is 31.2. The predicted octanol–water partition coefficient (Wildman–Crippen LogP) is 7.48. The van der Waals surface area contributed by atoms with Gasteiger partial charge in [-0.15, -0.1) is 5.54 Å². The number of hydrogen-bond donors (Lipinski definition) is 0. The van der Waals surface area contributed by atoms with Crippen molar-refractivity contribution in [3.63, 3.8) is 0 Å². The second-order valence-corrected chi connectivity index (χ2v) is 16.4. The third-order valence-corrected chi connectivity index (χ3v) is 12.7. The highest BCUT2D eigenvalue weighted by Crippen LogP contribution is 2.41. The van der Waals surface area contributed by atoms with Crippen molar-refractivity contribution in [2.75, 3.05) is 13.9 Å². The number of halogens is 1. The van der Waals surface area contributed by atoms with Crippen LogP contribution in [-0.4, -0.2) is 27.9 Å². The molecule has 186 valence electrons. The number of esters is 1. The Bertz CT molecular complexity index is 1070. The molecular weight excluding hydrogens is 447 g/mol. The molecule has 4 nitrogen and oxygen atoms in total. The Morgan fingerprint density at radius 2 is 1.59 bits per heavy atom. The van der Waals surface area contributed by atoms with Crippen LogP contribution in [0.3, 0.4) is 0 Å². The van der Waals surface area contributed by atoms with Crippen molar-refractivity contribution in [3.05, 3.63) is 35.6 Å². The summed E-state index contributed by atoms with van der Waals surface area (Å²) in [6.45, 7) is 18.8. The summed E-state index contributed by atoms with van der Waals surface area (Å²) >= 11 is 0. The molecule has 2 rings (SSSR count). The fourth-order valence-electron chi connectivity index (χ4n) is 4.66. The van der Waals surface area contributed by atoms with E-state index in [2.05, 4.69) is 53.0 Å². The topological polar surface area (TPSA) is 44.8 Å². The maximum atomic E-state index is 14.7. The lowest BCUT2D eigenvalue weighted by Gasteiger charge is -2.38. The molecule has 0 N–H and O–H groups in total. The molecule has 0 heterocycles. The summed E-state index contributed by atoms with van der Waals surface area (Å²) in [6.07, 6.45) is 0. The number of ether oxygens (including phenoxy) is 3. The highest BCUT2D eigenvalue weighted by atomic mass is 28.3. The minimum Gasteiger partial charge on any atom is -0.467 e. The van der Waals surface area contributed by atoms with Gasteiger partial charge in [0.2, 0.25) is 0 Å². The van der Waals surface area contributed by atoms with E-state index in [0.717, 1.165) is 0 Å². The number of rotatable bonds is 7. The lowest BCUT2D eigenvalue weighted by atomic mass is 9.97. The van der Waals surface area contributed by atoms with E-state index in [1.165, 1.54) is 19.2 Å². The van der Waals surface area contributed by atoms with Gasteiger partial charge in [0.1, 0.15) is 25.4 Å². The Kier molecular flexibility index (Phi) is 8.96. The lowest BCUT2D eigenvalue weighted by Crippen LogP contribution is -2.43. The van der Waals surface area contributed by atoms with Crippen molar-refractivity contribution in [1.29, 1.82) is 0 Å². The van der Waals surface area contributed by atoms with Crippen molar-refractivity contribution < 1.29 is 23.4 Å². The van der Waals surface area contributed by atoms with Gasteiger partial charge in [0.25, 0.3) is 0 Å². The van der Waals surface area contributed by atoms with Crippen LogP contribution in [0.25, 0.3) is 10.8 Å². The van der Waals surface area contributed by atoms with E-state index in [4.69, 9.17) is 14.2 Å². The number of fused-ring (bicyclic) bond motifs is 1. The molecule has 0 aliphatic carbocycles. The second-order valence-electron chi connectivity index (χ2n) is 10.8. The van der Waals surface area contributed by atoms with Gasteiger partial charge in [-0.2, -0.15) is 0 Å². The van der Waals surface area contributed by atoms with Crippen LogP contribution in [0, 0.1) is 22.7 Å². The maximum absolute atomic E-state index is 14.7. The monoisotopic (exact) mass is 486 g/mol. The predicted molar refractivity (Wildman–Crippen MR) is 139 cm³/mol. The van der Waals surface area contributed by atoms with Gasteiger partial charge >= 0.3 is 5.97 Å². The highest BCUT2D eigenvalue weighted by molar-refractivity contribution is 6.90. The average Bonchev–Trinajstić information content (AvgIpc) is 2.70. The van der Waals surface area contributed by atoms with E-state index in [0.29, 0.717) is 44.5 Å². The molecule has 0 atom stereocenters. The number of carbonyl (C=O) groups excluding carboxylic acids is 1. The third kappa shape index (κ3) is 6.00. The second kappa shape index (κ2) is 10.9. The molecule has 34 heavy (non-hydrogen) atoms. The van der Waals surface area contributed by atoms with Gasteiger partial charge in [-0.05, 0) is 61.0 Å². The molecule has 2 aromatic carbocycles. The standard InChI is InChI=1S/C28H39FO4Si/c1-18(2)34(19(3)4,20(5)6)12-11-21-13-23(29)14-22-15-24(32-17-31-10)16-25(26(21)22)33-27(30)28(7,8)9/h13-16,18-20H,17H2,1-10H3. The summed E-state index contributed by atoms with van der Waals surface area (Å²) in [5.41, 5.74) is 4.77. The molecule has 0 bridgehead atoms. The zero-order chi connectivity index (χ0) is 25.8. The Labute approximate surface area is 205 Å². The minimum atomic E-state index is -2.06. The van der Waals surface area contributed by atoms with Crippen LogP contribution < -0.4 is 9.47 Å². The molecule has 0 fully saturated rings. The van der Waals surface area contributed by atoms with Gasteiger partial charge in [0, 0.05) is 24.1 Å². The molecule has 2 aromatic rings. The number of methoxy groups -OCH3 is 1. The van der Waals surface area contributed by atoms with E-state index in [1.54, 1.807) is 32.9 Å². The van der Waals surface area contributed by atoms with E-state index < -0.39 is 25.3 Å². The smallest absolute Gasteiger partial charge is 0.316 e.